The van der Waals surface area contributed by atoms with Gasteiger partial charge in [0.1, 0.15) is 10.6 Å². The summed E-state index contributed by atoms with van der Waals surface area (Å²) in [6.45, 7) is 2.18. The van der Waals surface area contributed by atoms with Gasteiger partial charge in [0.2, 0.25) is 0 Å². The van der Waals surface area contributed by atoms with Gasteiger partial charge in [0.05, 0.1) is 0 Å². The topological polar surface area (TPSA) is 83.8 Å². The average Bonchev–Trinajstić information content (AvgIpc) is 2.63. The van der Waals surface area contributed by atoms with E-state index < -0.39 is 10.1 Å². The van der Waals surface area contributed by atoms with Crippen LogP contribution in [0.25, 0.3) is 0 Å². The summed E-state index contributed by atoms with van der Waals surface area (Å²) >= 11 is 0. The minimum absolute atomic E-state index is 0.232. The second kappa shape index (κ2) is 10.3. The fraction of sp³-hybridized carbons (Fsp3) is 0.429. The van der Waals surface area contributed by atoms with Crippen molar-refractivity contribution in [2.24, 2.45) is 0 Å². The molecule has 0 saturated carbocycles. The molecule has 0 atom stereocenters. The van der Waals surface area contributed by atoms with E-state index in [1.165, 1.54) is 37.8 Å². The van der Waals surface area contributed by atoms with Gasteiger partial charge in [0.25, 0.3) is 10.1 Å². The largest absolute Gasteiger partial charge is 0.504 e. The van der Waals surface area contributed by atoms with E-state index in [-0.39, 0.29) is 16.4 Å². The number of para-hydroxylation sites is 1. The highest BCUT2D eigenvalue weighted by molar-refractivity contribution is 7.86. The van der Waals surface area contributed by atoms with E-state index in [2.05, 4.69) is 6.92 Å². The Kier molecular flexibility index (Phi) is 8.13. The Bertz CT molecular complexity index is 816. The van der Waals surface area contributed by atoms with Crippen LogP contribution < -0.4 is 4.74 Å². The SMILES string of the molecule is CCCCCCCCCc1ccc(O)c(Oc2ccccc2)c1S(=O)(=O)O. The number of aryl methyl sites for hydroxylation is 1. The quantitative estimate of drug-likeness (QED) is 0.377. The average molecular weight is 393 g/mol. The number of ether oxygens (including phenoxy) is 1. The molecule has 0 aliphatic carbocycles. The van der Waals surface area contributed by atoms with Crippen LogP contribution in [-0.2, 0) is 16.5 Å². The number of rotatable bonds is 11. The van der Waals surface area contributed by atoms with Crippen molar-refractivity contribution in [3.05, 3.63) is 48.0 Å². The number of hydrogen-bond donors (Lipinski definition) is 2. The molecule has 0 spiro atoms. The van der Waals surface area contributed by atoms with Gasteiger partial charge in [-0.15, -0.1) is 0 Å². The summed E-state index contributed by atoms with van der Waals surface area (Å²) < 4.78 is 39.3. The Balaban J connectivity index is 2.16. The fourth-order valence-electron chi connectivity index (χ4n) is 3.05. The summed E-state index contributed by atoms with van der Waals surface area (Å²) in [5.41, 5.74) is 0.454. The van der Waals surface area contributed by atoms with Crippen LogP contribution in [0.1, 0.15) is 57.4 Å². The van der Waals surface area contributed by atoms with Crippen LogP contribution in [-0.4, -0.2) is 18.1 Å². The maximum Gasteiger partial charge on any atom is 0.298 e. The first-order valence-electron chi connectivity index (χ1n) is 9.48. The van der Waals surface area contributed by atoms with E-state index in [9.17, 15) is 18.1 Å². The van der Waals surface area contributed by atoms with Gasteiger partial charge < -0.3 is 9.84 Å². The molecule has 148 valence electrons. The molecule has 2 aromatic rings. The fourth-order valence-corrected chi connectivity index (χ4v) is 3.93. The smallest absolute Gasteiger partial charge is 0.298 e. The highest BCUT2D eigenvalue weighted by atomic mass is 32.2. The Labute approximate surface area is 161 Å². The first kappa shape index (κ1) is 21.3. The van der Waals surface area contributed by atoms with Crippen LogP contribution in [0.4, 0.5) is 0 Å². The van der Waals surface area contributed by atoms with Crippen molar-refractivity contribution in [3.8, 4) is 17.2 Å². The molecule has 27 heavy (non-hydrogen) atoms. The summed E-state index contributed by atoms with van der Waals surface area (Å²) in [6, 6.07) is 11.5. The number of benzene rings is 2. The molecule has 0 radical (unpaired) electrons. The Morgan fingerprint density at radius 2 is 1.52 bits per heavy atom. The molecule has 0 fully saturated rings. The van der Waals surface area contributed by atoms with Crippen LogP contribution in [0.5, 0.6) is 17.2 Å². The highest BCUT2D eigenvalue weighted by Gasteiger charge is 2.25. The second-order valence-corrected chi connectivity index (χ2v) is 8.02. The van der Waals surface area contributed by atoms with Gasteiger partial charge in [0, 0.05) is 0 Å². The molecule has 0 heterocycles. The summed E-state index contributed by atoms with van der Waals surface area (Å²) in [4.78, 5) is -0.350. The first-order valence-corrected chi connectivity index (χ1v) is 10.9. The van der Waals surface area contributed by atoms with Crippen LogP contribution in [0.3, 0.4) is 0 Å². The molecule has 0 amide bonds. The van der Waals surface area contributed by atoms with Gasteiger partial charge in [-0.05, 0) is 36.6 Å². The molecule has 0 aromatic heterocycles. The molecule has 0 bridgehead atoms. The van der Waals surface area contributed by atoms with Crippen molar-refractivity contribution in [2.75, 3.05) is 0 Å². The predicted octanol–water partition coefficient (Wildman–Crippen LogP) is 5.72. The van der Waals surface area contributed by atoms with Crippen molar-refractivity contribution in [3.63, 3.8) is 0 Å². The van der Waals surface area contributed by atoms with Gasteiger partial charge in [-0.25, -0.2) is 0 Å². The van der Waals surface area contributed by atoms with Crippen LogP contribution in [0.2, 0.25) is 0 Å². The standard InChI is InChI=1S/C21H28O5S/c1-2-3-4-5-6-7-9-12-17-15-16-19(22)20(21(17)27(23,24)25)26-18-13-10-8-11-14-18/h8,10-11,13-16,22H,2-7,9,12H2,1H3,(H,23,24,25). The molecule has 6 heteroatoms. The minimum atomic E-state index is -4.55. The van der Waals surface area contributed by atoms with E-state index in [4.69, 9.17) is 4.74 Å². The summed E-state index contributed by atoms with van der Waals surface area (Å²) in [5.74, 6) is -0.176. The Morgan fingerprint density at radius 3 is 2.15 bits per heavy atom. The molecular weight excluding hydrogens is 364 g/mol. The number of aromatic hydroxyl groups is 1. The third-order valence-electron chi connectivity index (χ3n) is 4.44. The third kappa shape index (κ3) is 6.56. The summed E-state index contributed by atoms with van der Waals surface area (Å²) in [7, 11) is -4.55. The van der Waals surface area contributed by atoms with E-state index >= 15 is 0 Å². The lowest BCUT2D eigenvalue weighted by Crippen LogP contribution is -2.06. The first-order chi connectivity index (χ1) is 12.9. The summed E-state index contributed by atoms with van der Waals surface area (Å²) in [6.07, 6.45) is 8.24. The van der Waals surface area contributed by atoms with Crippen molar-refractivity contribution in [1.29, 1.82) is 0 Å². The van der Waals surface area contributed by atoms with Gasteiger partial charge in [-0.2, -0.15) is 8.42 Å². The zero-order chi connectivity index (χ0) is 19.7. The number of phenolic OH excluding ortho intramolecular Hbond substituents is 1. The van der Waals surface area contributed by atoms with Gasteiger partial charge in [-0.1, -0.05) is 69.7 Å². The summed E-state index contributed by atoms with van der Waals surface area (Å²) in [5, 5.41) is 10.1. The van der Waals surface area contributed by atoms with Gasteiger partial charge in [0.15, 0.2) is 11.5 Å². The van der Waals surface area contributed by atoms with Crippen LogP contribution >= 0.6 is 0 Å². The van der Waals surface area contributed by atoms with E-state index in [0.717, 1.165) is 19.3 Å². The van der Waals surface area contributed by atoms with Crippen molar-refractivity contribution in [1.82, 2.24) is 0 Å². The lowest BCUT2D eigenvalue weighted by molar-refractivity contribution is 0.395. The van der Waals surface area contributed by atoms with E-state index in [1.807, 2.05) is 0 Å². The molecule has 0 unspecified atom stereocenters. The predicted molar refractivity (Wildman–Crippen MR) is 106 cm³/mol. The molecule has 0 aliphatic rings. The molecule has 2 rings (SSSR count). The van der Waals surface area contributed by atoms with Crippen molar-refractivity contribution in [2.45, 2.75) is 63.2 Å². The molecule has 5 nitrogen and oxygen atoms in total. The normalized spacial score (nSPS) is 11.5. The Hall–Kier alpha value is -2.05. The third-order valence-corrected chi connectivity index (χ3v) is 5.41. The van der Waals surface area contributed by atoms with Crippen LogP contribution in [0, 0.1) is 0 Å². The minimum Gasteiger partial charge on any atom is -0.504 e. The number of unbranched alkanes of at least 4 members (excludes halogenated alkanes) is 6. The van der Waals surface area contributed by atoms with E-state index in [0.29, 0.717) is 17.7 Å². The zero-order valence-corrected chi connectivity index (χ0v) is 16.5. The lowest BCUT2D eigenvalue weighted by atomic mass is 10.0. The molecule has 2 aromatic carbocycles. The maximum absolute atomic E-state index is 12.0. The van der Waals surface area contributed by atoms with E-state index in [1.54, 1.807) is 30.3 Å². The molecule has 0 saturated heterocycles. The highest BCUT2D eigenvalue weighted by Crippen LogP contribution is 2.39. The zero-order valence-electron chi connectivity index (χ0n) is 15.7. The molecule has 2 N–H and O–H groups in total. The monoisotopic (exact) mass is 392 g/mol. The van der Waals surface area contributed by atoms with Crippen molar-refractivity contribution < 1.29 is 22.8 Å². The molecule has 0 aliphatic heterocycles. The van der Waals surface area contributed by atoms with Gasteiger partial charge in [-0.3, -0.25) is 4.55 Å². The Morgan fingerprint density at radius 1 is 0.889 bits per heavy atom. The second-order valence-electron chi connectivity index (χ2n) is 6.66. The number of hydrogen-bond acceptors (Lipinski definition) is 4. The lowest BCUT2D eigenvalue weighted by Gasteiger charge is -2.15. The van der Waals surface area contributed by atoms with Crippen LogP contribution in [0.15, 0.2) is 47.4 Å². The van der Waals surface area contributed by atoms with Crippen molar-refractivity contribution >= 4 is 10.1 Å². The maximum atomic E-state index is 12.0. The van der Waals surface area contributed by atoms with Gasteiger partial charge >= 0.3 is 0 Å². The number of phenols is 1. The molecular formula is C21H28O5S.